The normalized spacial score (nSPS) is 15.2. The minimum absolute atomic E-state index is 0.879. The second-order valence-corrected chi connectivity index (χ2v) is 2.30. The summed E-state index contributed by atoms with van der Waals surface area (Å²) in [6, 6.07) is 0. The van der Waals surface area contributed by atoms with Crippen LogP contribution in [0.3, 0.4) is 0 Å². The highest BCUT2D eigenvalue weighted by Crippen LogP contribution is 2.25. The zero-order valence-corrected chi connectivity index (χ0v) is 6.37. The van der Waals surface area contributed by atoms with Gasteiger partial charge in [-0.1, -0.05) is 0 Å². The van der Waals surface area contributed by atoms with Crippen molar-refractivity contribution in [1.82, 2.24) is 0 Å². The third kappa shape index (κ3) is 6.33. The molecule has 0 saturated carbocycles. The molecule has 0 saturated heterocycles. The zero-order valence-electron chi connectivity index (χ0n) is 6.37. The van der Waals surface area contributed by atoms with Crippen LogP contribution >= 0.6 is 0 Å². The van der Waals surface area contributed by atoms with E-state index in [1.165, 1.54) is 0 Å². The van der Waals surface area contributed by atoms with E-state index in [1.807, 2.05) is 0 Å². The number of alkyl halides is 5. The fourth-order valence-corrected chi connectivity index (χ4v) is 0.720. The third-order valence-corrected chi connectivity index (χ3v) is 1.23. The first-order chi connectivity index (χ1) is 5.35. The van der Waals surface area contributed by atoms with Gasteiger partial charge in [0.05, 0.1) is 12.5 Å². The van der Waals surface area contributed by atoms with Crippen LogP contribution in [0.5, 0.6) is 0 Å². The van der Waals surface area contributed by atoms with Crippen molar-refractivity contribution in [3.8, 4) is 0 Å². The first-order valence-electron chi connectivity index (χ1n) is 3.23. The molecule has 0 aromatic carbocycles. The molecule has 0 N–H and O–H groups in total. The van der Waals surface area contributed by atoms with E-state index in [-0.39, 0.29) is 0 Å². The molecular weight excluding hydrogens is 183 g/mol. The maximum atomic E-state index is 11.6. The molecule has 0 aliphatic heterocycles. The SMILES string of the molecule is COC(CC(F)F)CC(F)(F)F. The summed E-state index contributed by atoms with van der Waals surface area (Å²) in [5.74, 6) is 0. The van der Waals surface area contributed by atoms with Crippen LogP contribution in [0.1, 0.15) is 12.8 Å². The first-order valence-corrected chi connectivity index (χ1v) is 3.23. The maximum absolute atomic E-state index is 11.6. The Morgan fingerprint density at radius 3 is 2.00 bits per heavy atom. The summed E-state index contributed by atoms with van der Waals surface area (Å²) in [5, 5.41) is 0. The average Bonchev–Trinajstić information content (AvgIpc) is 1.82. The standard InChI is InChI=1S/C6H9F5O/c1-12-4(2-5(7)8)3-6(9,10)11/h4-5H,2-3H2,1H3. The van der Waals surface area contributed by atoms with Crippen LogP contribution in [-0.4, -0.2) is 25.8 Å². The quantitative estimate of drug-likeness (QED) is 0.622. The molecule has 0 rings (SSSR count). The van der Waals surface area contributed by atoms with Gasteiger partial charge in [0.15, 0.2) is 0 Å². The highest BCUT2D eigenvalue weighted by molar-refractivity contribution is 4.64. The van der Waals surface area contributed by atoms with Crippen LogP contribution in [-0.2, 0) is 4.74 Å². The van der Waals surface area contributed by atoms with Gasteiger partial charge in [-0.3, -0.25) is 0 Å². The van der Waals surface area contributed by atoms with E-state index in [2.05, 4.69) is 4.74 Å². The molecule has 0 heterocycles. The van der Waals surface area contributed by atoms with Crippen molar-refractivity contribution < 1.29 is 26.7 Å². The molecule has 0 fully saturated rings. The molecular formula is C6H9F5O. The molecule has 0 aliphatic rings. The van der Waals surface area contributed by atoms with Crippen LogP contribution in [0.25, 0.3) is 0 Å². The van der Waals surface area contributed by atoms with Crippen molar-refractivity contribution in [3.63, 3.8) is 0 Å². The fourth-order valence-electron chi connectivity index (χ4n) is 0.720. The Labute approximate surface area is 66.5 Å². The van der Waals surface area contributed by atoms with Crippen LogP contribution in [0.2, 0.25) is 0 Å². The van der Waals surface area contributed by atoms with Gasteiger partial charge >= 0.3 is 6.18 Å². The molecule has 0 radical (unpaired) electrons. The Morgan fingerprint density at radius 2 is 1.75 bits per heavy atom. The molecule has 12 heavy (non-hydrogen) atoms. The summed E-state index contributed by atoms with van der Waals surface area (Å²) in [4.78, 5) is 0. The molecule has 1 unspecified atom stereocenters. The average molecular weight is 192 g/mol. The van der Waals surface area contributed by atoms with Crippen molar-refractivity contribution in [2.45, 2.75) is 31.5 Å². The van der Waals surface area contributed by atoms with Gasteiger partial charge in [0.25, 0.3) is 0 Å². The predicted molar refractivity (Wildman–Crippen MR) is 32.1 cm³/mol. The van der Waals surface area contributed by atoms with E-state index in [9.17, 15) is 22.0 Å². The summed E-state index contributed by atoms with van der Waals surface area (Å²) in [6.45, 7) is 0. The minimum Gasteiger partial charge on any atom is -0.381 e. The molecule has 0 aliphatic carbocycles. The van der Waals surface area contributed by atoms with E-state index < -0.39 is 31.5 Å². The molecule has 6 heteroatoms. The van der Waals surface area contributed by atoms with Gasteiger partial charge in [-0.2, -0.15) is 13.2 Å². The molecule has 1 atom stereocenters. The highest BCUT2D eigenvalue weighted by Gasteiger charge is 2.33. The topological polar surface area (TPSA) is 9.23 Å². The van der Waals surface area contributed by atoms with Crippen molar-refractivity contribution in [1.29, 1.82) is 0 Å². The number of hydrogen-bond donors (Lipinski definition) is 0. The van der Waals surface area contributed by atoms with E-state index in [0.29, 0.717) is 0 Å². The summed E-state index contributed by atoms with van der Waals surface area (Å²) in [5.41, 5.74) is 0. The maximum Gasteiger partial charge on any atom is 0.391 e. The van der Waals surface area contributed by atoms with E-state index in [1.54, 1.807) is 0 Å². The molecule has 0 aromatic heterocycles. The van der Waals surface area contributed by atoms with Crippen LogP contribution < -0.4 is 0 Å². The smallest absolute Gasteiger partial charge is 0.381 e. The number of halogens is 5. The lowest BCUT2D eigenvalue weighted by atomic mass is 10.2. The molecule has 0 aromatic rings. The summed E-state index contributed by atoms with van der Waals surface area (Å²) in [7, 11) is 0.985. The Hall–Kier alpha value is -0.390. The molecule has 1 nitrogen and oxygen atoms in total. The number of hydrogen-bond acceptors (Lipinski definition) is 1. The van der Waals surface area contributed by atoms with E-state index in [0.717, 1.165) is 7.11 Å². The predicted octanol–water partition coefficient (Wildman–Crippen LogP) is 2.61. The fraction of sp³-hybridized carbons (Fsp3) is 1.00. The Morgan fingerprint density at radius 1 is 1.25 bits per heavy atom. The Kier molecular flexibility index (Phi) is 4.44. The lowest BCUT2D eigenvalue weighted by Crippen LogP contribution is -2.23. The number of rotatable bonds is 4. The Bertz CT molecular complexity index is 122. The largest absolute Gasteiger partial charge is 0.391 e. The van der Waals surface area contributed by atoms with Crippen molar-refractivity contribution in [2.24, 2.45) is 0 Å². The van der Waals surface area contributed by atoms with Crippen molar-refractivity contribution in [2.75, 3.05) is 7.11 Å². The molecule has 74 valence electrons. The highest BCUT2D eigenvalue weighted by atomic mass is 19.4. The summed E-state index contributed by atoms with van der Waals surface area (Å²) < 4.78 is 62.3. The lowest BCUT2D eigenvalue weighted by molar-refractivity contribution is -0.161. The number of methoxy groups -OCH3 is 1. The van der Waals surface area contributed by atoms with Crippen molar-refractivity contribution in [3.05, 3.63) is 0 Å². The van der Waals surface area contributed by atoms with Crippen LogP contribution in [0.15, 0.2) is 0 Å². The molecule has 0 amide bonds. The monoisotopic (exact) mass is 192 g/mol. The van der Waals surface area contributed by atoms with Gasteiger partial charge in [0, 0.05) is 13.5 Å². The summed E-state index contributed by atoms with van der Waals surface area (Å²) >= 11 is 0. The van der Waals surface area contributed by atoms with E-state index in [4.69, 9.17) is 0 Å². The van der Waals surface area contributed by atoms with E-state index >= 15 is 0 Å². The van der Waals surface area contributed by atoms with Crippen LogP contribution in [0, 0.1) is 0 Å². The third-order valence-electron chi connectivity index (χ3n) is 1.23. The van der Waals surface area contributed by atoms with Gasteiger partial charge in [-0.25, -0.2) is 8.78 Å². The van der Waals surface area contributed by atoms with Gasteiger partial charge < -0.3 is 4.74 Å². The van der Waals surface area contributed by atoms with Gasteiger partial charge in [-0.05, 0) is 0 Å². The van der Waals surface area contributed by atoms with Gasteiger partial charge in [0.2, 0.25) is 6.43 Å². The van der Waals surface area contributed by atoms with Crippen molar-refractivity contribution >= 4 is 0 Å². The molecule has 0 bridgehead atoms. The van der Waals surface area contributed by atoms with Gasteiger partial charge in [0.1, 0.15) is 0 Å². The summed E-state index contributed by atoms with van der Waals surface area (Å²) in [6.07, 6.45) is -10.9. The second-order valence-electron chi connectivity index (χ2n) is 2.30. The Balaban J connectivity index is 3.83. The lowest BCUT2D eigenvalue weighted by Gasteiger charge is -2.16. The van der Waals surface area contributed by atoms with Crippen LogP contribution in [0.4, 0.5) is 22.0 Å². The minimum atomic E-state index is -4.45. The van der Waals surface area contributed by atoms with Gasteiger partial charge in [-0.15, -0.1) is 0 Å². The number of ether oxygens (including phenoxy) is 1. The molecule has 0 spiro atoms. The zero-order chi connectivity index (χ0) is 9.78. The second kappa shape index (κ2) is 4.59. The first kappa shape index (κ1) is 11.6.